The van der Waals surface area contributed by atoms with Crippen molar-refractivity contribution >= 4 is 0 Å². The van der Waals surface area contributed by atoms with Crippen LogP contribution in [0.3, 0.4) is 0 Å². The van der Waals surface area contributed by atoms with E-state index in [0.29, 0.717) is 0 Å². The van der Waals surface area contributed by atoms with Crippen molar-refractivity contribution in [2.45, 2.75) is 0 Å². The average molecular weight is 110 g/mol. The third-order valence-corrected chi connectivity index (χ3v) is 0. The fourth-order valence-corrected chi connectivity index (χ4v) is 0. The van der Waals surface area contributed by atoms with Crippen LogP contribution in [0.5, 0.6) is 0 Å². The van der Waals surface area contributed by atoms with Crippen LogP contribution in [0.2, 0.25) is 0 Å². The zero-order valence-corrected chi connectivity index (χ0v) is 2.77. The van der Waals surface area contributed by atoms with Gasteiger partial charge in [0.15, 0.2) is 0 Å². The molecule has 0 aliphatic rings. The van der Waals surface area contributed by atoms with Gasteiger partial charge in [0, 0.05) is 0 Å². The van der Waals surface area contributed by atoms with E-state index in [1.807, 2.05) is 0 Å². The van der Waals surface area contributed by atoms with Gasteiger partial charge in [0.2, 0.25) is 0 Å². The zero-order valence-electron chi connectivity index (χ0n) is 1.83. The van der Waals surface area contributed by atoms with Crippen molar-refractivity contribution in [3.63, 3.8) is 0 Å². The monoisotopic (exact) mass is 109 g/mol. The molecule has 0 amide bonds. The summed E-state index contributed by atoms with van der Waals surface area (Å²) in [5, 5.41) is 16.8. The Balaban J connectivity index is 0. The molecule has 4 heavy (non-hydrogen) atoms. The summed E-state index contributed by atoms with van der Waals surface area (Å²) < 4.78 is 0. The molecule has 0 unspecified atom stereocenters. The van der Waals surface area contributed by atoms with Crippen LogP contribution in [0.15, 0.2) is 0 Å². The van der Waals surface area contributed by atoms with Crippen molar-refractivity contribution in [3.8, 4) is 0 Å². The summed E-state index contributed by atoms with van der Waals surface area (Å²) in [4.78, 5) is 0. The van der Waals surface area contributed by atoms with E-state index in [9.17, 15) is 0 Å². The molecule has 0 atom stereocenters. The average Bonchev–Trinajstić information content (AvgIpc) is 0.918. The second kappa shape index (κ2) is 9.88. The van der Waals surface area contributed by atoms with Gasteiger partial charge in [0.05, 0.1) is 0 Å². The van der Waals surface area contributed by atoms with Gasteiger partial charge in [-0.1, -0.05) is 0 Å². The largest absolute Gasteiger partial charge is 2.00 e. The fourth-order valence-electron chi connectivity index (χ4n) is 0. The standard InChI is InChI=1S/CH2O2.Cu/c2-1-3;/h1H2;/q-2;+2. The van der Waals surface area contributed by atoms with E-state index in [4.69, 9.17) is 10.2 Å². The molecule has 0 fully saturated rings. The van der Waals surface area contributed by atoms with Gasteiger partial charge >= 0.3 is 17.1 Å². The Bertz CT molecular complexity index is 6.00. The van der Waals surface area contributed by atoms with Crippen molar-refractivity contribution in [2.24, 2.45) is 0 Å². The molecule has 0 aromatic heterocycles. The molecule has 0 aliphatic heterocycles. The first-order valence-electron chi connectivity index (χ1n) is 0.577. The van der Waals surface area contributed by atoms with Gasteiger partial charge in [-0.15, -0.1) is 0 Å². The minimum absolute atomic E-state index is 0. The molecule has 0 rings (SSSR count). The SMILES string of the molecule is [Cu+2].[O-]C[O-]. The summed E-state index contributed by atoms with van der Waals surface area (Å²) in [7, 11) is 0. The molecule has 0 aromatic carbocycles. The molecule has 0 aromatic rings. The maximum atomic E-state index is 8.38. The van der Waals surface area contributed by atoms with Gasteiger partial charge in [-0.3, -0.25) is 0 Å². The molecule has 0 aliphatic carbocycles. The van der Waals surface area contributed by atoms with Crippen LogP contribution in [0.4, 0.5) is 0 Å². The van der Waals surface area contributed by atoms with Gasteiger partial charge in [-0.25, -0.2) is 6.79 Å². The van der Waals surface area contributed by atoms with Crippen molar-refractivity contribution < 1.29 is 27.3 Å². The first kappa shape index (κ1) is 8.83. The van der Waals surface area contributed by atoms with E-state index >= 15 is 0 Å². The van der Waals surface area contributed by atoms with Crippen molar-refractivity contribution in [3.05, 3.63) is 0 Å². The van der Waals surface area contributed by atoms with E-state index in [1.54, 1.807) is 0 Å². The normalized spacial score (nSPS) is 4.50. The van der Waals surface area contributed by atoms with Crippen LogP contribution in [-0.4, -0.2) is 6.79 Å². The quantitative estimate of drug-likeness (QED) is 0.259. The smallest absolute Gasteiger partial charge is 0.868 e. The first-order valence-corrected chi connectivity index (χ1v) is 0.577. The summed E-state index contributed by atoms with van der Waals surface area (Å²) in [5.41, 5.74) is 0. The third-order valence-electron chi connectivity index (χ3n) is 0. The first-order chi connectivity index (χ1) is 1.41. The molecular formula is CH2CuO2. The molecule has 0 spiro atoms. The fraction of sp³-hybridized carbons (Fsp3) is 1.00. The van der Waals surface area contributed by atoms with Gasteiger partial charge in [0.25, 0.3) is 0 Å². The van der Waals surface area contributed by atoms with Crippen molar-refractivity contribution in [1.29, 1.82) is 0 Å². The minimum Gasteiger partial charge on any atom is -0.868 e. The molecule has 0 saturated heterocycles. The van der Waals surface area contributed by atoms with Crippen LogP contribution >= 0.6 is 0 Å². The van der Waals surface area contributed by atoms with E-state index in [2.05, 4.69) is 0 Å². The molecular weight excluding hydrogens is 108 g/mol. The predicted octanol–water partition coefficient (Wildman–Crippen LogP) is -2.34. The molecule has 29 valence electrons. The van der Waals surface area contributed by atoms with Crippen molar-refractivity contribution in [2.75, 3.05) is 6.79 Å². The van der Waals surface area contributed by atoms with Crippen LogP contribution in [-0.2, 0) is 17.1 Å². The van der Waals surface area contributed by atoms with Gasteiger partial charge in [0.1, 0.15) is 0 Å². The maximum Gasteiger partial charge on any atom is 2.00 e. The third kappa shape index (κ3) is 26.2. The molecule has 0 N–H and O–H groups in total. The van der Waals surface area contributed by atoms with E-state index in [0.717, 1.165) is 0 Å². The van der Waals surface area contributed by atoms with Gasteiger partial charge in [-0.05, 0) is 0 Å². The van der Waals surface area contributed by atoms with E-state index in [-0.39, 0.29) is 17.1 Å². The number of hydrogen-bond acceptors (Lipinski definition) is 2. The Labute approximate surface area is 34.9 Å². The second-order valence-electron chi connectivity index (χ2n) is 0.118. The summed E-state index contributed by atoms with van der Waals surface area (Å²) in [6.45, 7) is -1.25. The minimum atomic E-state index is -1.25. The second-order valence-corrected chi connectivity index (χ2v) is 0.118. The molecule has 2 nitrogen and oxygen atoms in total. The van der Waals surface area contributed by atoms with E-state index in [1.165, 1.54) is 0 Å². The van der Waals surface area contributed by atoms with E-state index < -0.39 is 6.79 Å². The Morgan fingerprint density at radius 1 is 1.25 bits per heavy atom. The summed E-state index contributed by atoms with van der Waals surface area (Å²) in [5.74, 6) is 0. The Morgan fingerprint density at radius 3 is 1.25 bits per heavy atom. The Kier molecular flexibility index (Phi) is 21.8. The number of hydrogen-bond donors (Lipinski definition) is 0. The molecule has 0 saturated carbocycles. The van der Waals surface area contributed by atoms with Crippen LogP contribution in [0.1, 0.15) is 0 Å². The van der Waals surface area contributed by atoms with Crippen molar-refractivity contribution in [1.82, 2.24) is 0 Å². The summed E-state index contributed by atoms with van der Waals surface area (Å²) >= 11 is 0. The maximum absolute atomic E-state index is 8.38. The van der Waals surface area contributed by atoms with Crippen LogP contribution in [0.25, 0.3) is 0 Å². The topological polar surface area (TPSA) is 46.1 Å². The molecule has 1 radical (unpaired) electrons. The Hall–Kier alpha value is 0.439. The van der Waals surface area contributed by atoms with Gasteiger partial charge < -0.3 is 10.2 Å². The van der Waals surface area contributed by atoms with Gasteiger partial charge in [-0.2, -0.15) is 0 Å². The molecule has 3 heteroatoms. The van der Waals surface area contributed by atoms with Crippen LogP contribution in [0, 0.1) is 0 Å². The molecule has 0 heterocycles. The summed E-state index contributed by atoms with van der Waals surface area (Å²) in [6.07, 6.45) is 0. The Morgan fingerprint density at radius 2 is 1.25 bits per heavy atom. The predicted molar refractivity (Wildman–Crippen MR) is 4.87 cm³/mol. The number of rotatable bonds is 0. The summed E-state index contributed by atoms with van der Waals surface area (Å²) in [6, 6.07) is 0. The molecule has 0 bridgehead atoms. The zero-order chi connectivity index (χ0) is 2.71. The van der Waals surface area contributed by atoms with Crippen LogP contribution < -0.4 is 10.2 Å².